The number of carbonyl (C=O) groups is 2. The van der Waals surface area contributed by atoms with E-state index in [0.717, 1.165) is 11.9 Å². The molecule has 31 heavy (non-hydrogen) atoms. The Hall–Kier alpha value is -3.63. The Morgan fingerprint density at radius 1 is 1.26 bits per heavy atom. The van der Waals surface area contributed by atoms with Gasteiger partial charge in [0, 0.05) is 11.4 Å². The van der Waals surface area contributed by atoms with Crippen molar-refractivity contribution in [2.24, 2.45) is 0 Å². The van der Waals surface area contributed by atoms with Crippen LogP contribution in [0, 0.1) is 0 Å². The van der Waals surface area contributed by atoms with Crippen LogP contribution in [0.4, 0.5) is 18.9 Å². The van der Waals surface area contributed by atoms with Crippen molar-refractivity contribution in [2.75, 3.05) is 11.9 Å². The van der Waals surface area contributed by atoms with E-state index < -0.39 is 29.3 Å². The quantitative estimate of drug-likeness (QED) is 0.566. The topological polar surface area (TPSA) is 102 Å². The maximum absolute atomic E-state index is 13.7. The number of ether oxygens (including phenoxy) is 1. The zero-order valence-corrected chi connectivity index (χ0v) is 16.9. The summed E-state index contributed by atoms with van der Waals surface area (Å²) < 4.78 is 46.3. The number of aromatic amines is 1. The lowest BCUT2D eigenvalue weighted by Crippen LogP contribution is -2.19. The van der Waals surface area contributed by atoms with E-state index in [1.165, 1.54) is 31.2 Å². The largest absolute Gasteiger partial charge is 0.462 e. The lowest BCUT2D eigenvalue weighted by molar-refractivity contribution is -0.143. The highest BCUT2D eigenvalue weighted by Crippen LogP contribution is 2.34. The van der Waals surface area contributed by atoms with Crippen molar-refractivity contribution in [1.29, 1.82) is 0 Å². The molecule has 0 aliphatic carbocycles. The van der Waals surface area contributed by atoms with E-state index in [-0.39, 0.29) is 29.6 Å². The number of esters is 1. The number of benzene rings is 1. The van der Waals surface area contributed by atoms with Crippen molar-refractivity contribution in [3.63, 3.8) is 0 Å². The standard InChI is InChI=1S/C20H20F3N5O3/c1-4-31-19(30)14-10-24-28(17(14)20(21,22)23)13-7-5-6-12(8-13)25-18(29)16-9-15(11(2)3)26-27-16/h5-11H,4H2,1-3H3,(H,25,29)(H,26,27). The molecular weight excluding hydrogens is 415 g/mol. The van der Waals surface area contributed by atoms with Crippen LogP contribution >= 0.6 is 0 Å². The van der Waals surface area contributed by atoms with Crippen molar-refractivity contribution >= 4 is 17.6 Å². The number of rotatable bonds is 6. The molecular formula is C20H20F3N5O3. The number of aromatic nitrogens is 4. The third-order valence-electron chi connectivity index (χ3n) is 4.33. The number of nitrogens with zero attached hydrogens (tertiary/aromatic N) is 3. The minimum absolute atomic E-state index is 0.00516. The third kappa shape index (κ3) is 4.76. The molecule has 0 spiro atoms. The molecule has 11 heteroatoms. The van der Waals surface area contributed by atoms with Gasteiger partial charge in [-0.2, -0.15) is 23.4 Å². The Morgan fingerprint density at radius 3 is 2.61 bits per heavy atom. The summed E-state index contributed by atoms with van der Waals surface area (Å²) >= 11 is 0. The van der Waals surface area contributed by atoms with Gasteiger partial charge < -0.3 is 10.1 Å². The van der Waals surface area contributed by atoms with Gasteiger partial charge in [0.05, 0.1) is 18.5 Å². The summed E-state index contributed by atoms with van der Waals surface area (Å²) in [6.07, 6.45) is -4.05. The molecule has 0 aliphatic rings. The molecule has 0 radical (unpaired) electrons. The van der Waals surface area contributed by atoms with Crippen molar-refractivity contribution in [3.8, 4) is 5.69 Å². The Kier molecular flexibility index (Phi) is 6.14. The number of hydrogen-bond donors (Lipinski definition) is 2. The predicted molar refractivity (Wildman–Crippen MR) is 105 cm³/mol. The van der Waals surface area contributed by atoms with Crippen LogP contribution in [0.15, 0.2) is 36.5 Å². The van der Waals surface area contributed by atoms with Gasteiger partial charge in [0.1, 0.15) is 5.56 Å². The summed E-state index contributed by atoms with van der Waals surface area (Å²) in [5, 5.41) is 13.0. The number of amides is 1. The van der Waals surface area contributed by atoms with E-state index >= 15 is 0 Å². The van der Waals surface area contributed by atoms with Crippen LogP contribution in [-0.2, 0) is 10.9 Å². The molecule has 3 rings (SSSR count). The Balaban J connectivity index is 1.92. The average molecular weight is 435 g/mol. The lowest BCUT2D eigenvalue weighted by Gasteiger charge is -2.13. The number of hydrogen-bond acceptors (Lipinski definition) is 5. The van der Waals surface area contributed by atoms with Gasteiger partial charge >= 0.3 is 12.1 Å². The Morgan fingerprint density at radius 2 is 2.00 bits per heavy atom. The zero-order valence-electron chi connectivity index (χ0n) is 16.9. The van der Waals surface area contributed by atoms with Gasteiger partial charge in [-0.1, -0.05) is 19.9 Å². The van der Waals surface area contributed by atoms with Gasteiger partial charge in [0.15, 0.2) is 11.4 Å². The smallest absolute Gasteiger partial charge is 0.434 e. The number of nitrogens with one attached hydrogen (secondary N) is 2. The monoisotopic (exact) mass is 435 g/mol. The van der Waals surface area contributed by atoms with Crippen molar-refractivity contribution in [2.45, 2.75) is 32.9 Å². The first-order valence-corrected chi connectivity index (χ1v) is 9.41. The highest BCUT2D eigenvalue weighted by atomic mass is 19.4. The van der Waals surface area contributed by atoms with Crippen molar-refractivity contribution in [3.05, 3.63) is 59.2 Å². The molecule has 2 aromatic heterocycles. The fraction of sp³-hybridized carbons (Fsp3) is 0.300. The zero-order chi connectivity index (χ0) is 22.8. The summed E-state index contributed by atoms with van der Waals surface area (Å²) in [6, 6.07) is 7.26. The molecule has 0 saturated heterocycles. The van der Waals surface area contributed by atoms with Crippen LogP contribution in [0.3, 0.4) is 0 Å². The van der Waals surface area contributed by atoms with Crippen LogP contribution in [0.1, 0.15) is 58.9 Å². The van der Waals surface area contributed by atoms with Gasteiger partial charge in [-0.3, -0.25) is 9.89 Å². The Bertz CT molecular complexity index is 1100. The minimum Gasteiger partial charge on any atom is -0.462 e. The maximum atomic E-state index is 13.7. The van der Waals surface area contributed by atoms with Gasteiger partial charge in [0.25, 0.3) is 5.91 Å². The van der Waals surface area contributed by atoms with E-state index in [0.29, 0.717) is 4.68 Å². The second-order valence-corrected chi connectivity index (χ2v) is 6.90. The fourth-order valence-electron chi connectivity index (χ4n) is 2.83. The van der Waals surface area contributed by atoms with Crippen LogP contribution < -0.4 is 5.32 Å². The summed E-state index contributed by atoms with van der Waals surface area (Å²) in [5.41, 5.74) is -0.793. The summed E-state index contributed by atoms with van der Waals surface area (Å²) in [7, 11) is 0. The van der Waals surface area contributed by atoms with Gasteiger partial charge in [0.2, 0.25) is 0 Å². The van der Waals surface area contributed by atoms with Gasteiger partial charge in [-0.15, -0.1) is 0 Å². The highest BCUT2D eigenvalue weighted by molar-refractivity contribution is 6.03. The van der Waals surface area contributed by atoms with E-state index in [2.05, 4.69) is 20.6 Å². The van der Waals surface area contributed by atoms with Crippen molar-refractivity contribution in [1.82, 2.24) is 20.0 Å². The third-order valence-corrected chi connectivity index (χ3v) is 4.33. The van der Waals surface area contributed by atoms with E-state index in [4.69, 9.17) is 4.74 Å². The molecule has 3 aromatic rings. The molecule has 0 bridgehead atoms. The number of anilines is 1. The normalized spacial score (nSPS) is 11.6. The molecule has 0 fully saturated rings. The molecule has 2 N–H and O–H groups in total. The Labute approximate surface area is 175 Å². The summed E-state index contributed by atoms with van der Waals surface area (Å²) in [4.78, 5) is 24.4. The number of H-pyrrole nitrogens is 1. The second kappa shape index (κ2) is 8.62. The van der Waals surface area contributed by atoms with Gasteiger partial charge in [-0.25, -0.2) is 9.48 Å². The minimum atomic E-state index is -4.86. The molecule has 2 heterocycles. The molecule has 1 aromatic carbocycles. The lowest BCUT2D eigenvalue weighted by atomic mass is 10.1. The molecule has 8 nitrogen and oxygen atoms in total. The highest BCUT2D eigenvalue weighted by Gasteiger charge is 2.41. The van der Waals surface area contributed by atoms with E-state index in [1.807, 2.05) is 13.8 Å². The van der Waals surface area contributed by atoms with Crippen LogP contribution in [0.2, 0.25) is 0 Å². The molecule has 0 aliphatic heterocycles. The van der Waals surface area contributed by atoms with Crippen molar-refractivity contribution < 1.29 is 27.5 Å². The van der Waals surface area contributed by atoms with Crippen LogP contribution in [0.25, 0.3) is 5.69 Å². The molecule has 0 atom stereocenters. The summed E-state index contributed by atoms with van der Waals surface area (Å²) in [6.45, 7) is 5.29. The van der Waals surface area contributed by atoms with E-state index in [9.17, 15) is 22.8 Å². The van der Waals surface area contributed by atoms with E-state index in [1.54, 1.807) is 6.07 Å². The number of carbonyl (C=O) groups excluding carboxylic acids is 2. The predicted octanol–water partition coefficient (Wildman–Crippen LogP) is 4.17. The van der Waals surface area contributed by atoms with Crippen LogP contribution in [0.5, 0.6) is 0 Å². The first-order valence-electron chi connectivity index (χ1n) is 9.41. The average Bonchev–Trinajstić information content (AvgIpc) is 3.36. The number of halogens is 3. The fourth-order valence-corrected chi connectivity index (χ4v) is 2.83. The molecule has 1 amide bonds. The van der Waals surface area contributed by atoms with Crippen LogP contribution in [-0.4, -0.2) is 38.5 Å². The molecule has 0 saturated carbocycles. The summed E-state index contributed by atoms with van der Waals surface area (Å²) in [5.74, 6) is -1.50. The first kappa shape index (κ1) is 22.1. The number of alkyl halides is 3. The molecule has 164 valence electrons. The first-order chi connectivity index (χ1) is 14.6. The SMILES string of the molecule is CCOC(=O)c1cnn(-c2cccc(NC(=O)c3cc(C(C)C)[nH]n3)c2)c1C(F)(F)F. The molecule has 0 unspecified atom stereocenters. The second-order valence-electron chi connectivity index (χ2n) is 6.90. The maximum Gasteiger partial charge on any atom is 0.434 e. The van der Waals surface area contributed by atoms with Gasteiger partial charge in [-0.05, 0) is 37.1 Å².